The molecular formula is C11H17N3. The average molecular weight is 191 g/mol. The first kappa shape index (κ1) is 8.48. The lowest BCUT2D eigenvalue weighted by Crippen LogP contribution is -2.14. The molecule has 14 heavy (non-hydrogen) atoms. The van der Waals surface area contributed by atoms with E-state index in [0.717, 1.165) is 17.8 Å². The van der Waals surface area contributed by atoms with Crippen molar-refractivity contribution in [2.24, 2.45) is 30.5 Å². The normalized spacial score (nSPS) is 36.9. The van der Waals surface area contributed by atoms with E-state index >= 15 is 0 Å². The Morgan fingerprint density at radius 3 is 2.79 bits per heavy atom. The fraction of sp³-hybridized carbons (Fsp3) is 0.727. The molecule has 1 heterocycles. The number of aromatic nitrogens is 2. The van der Waals surface area contributed by atoms with Gasteiger partial charge in [-0.1, -0.05) is 6.42 Å². The maximum atomic E-state index is 6.25. The van der Waals surface area contributed by atoms with Crippen LogP contribution in [0.3, 0.4) is 0 Å². The number of hydrogen-bond acceptors (Lipinski definition) is 2. The third-order valence-electron chi connectivity index (χ3n) is 4.00. The third kappa shape index (κ3) is 1.12. The molecule has 0 saturated heterocycles. The third-order valence-corrected chi connectivity index (χ3v) is 4.00. The Bertz CT molecular complexity index is 334. The Kier molecular flexibility index (Phi) is 1.71. The molecule has 2 aliphatic rings. The standard InChI is InChI=1S/C11H17N3/c1-14-6-7(5-13-14)11(12)10-8-3-2-4-9(8)10/h5-6,8-11H,2-4,12H2,1H3. The topological polar surface area (TPSA) is 43.8 Å². The summed E-state index contributed by atoms with van der Waals surface area (Å²) >= 11 is 0. The average Bonchev–Trinajstić information content (AvgIpc) is 2.56. The Morgan fingerprint density at radius 2 is 2.21 bits per heavy atom. The first-order chi connectivity index (χ1) is 6.77. The second-order valence-electron chi connectivity index (χ2n) is 4.81. The van der Waals surface area contributed by atoms with Crippen molar-refractivity contribution in [2.45, 2.75) is 25.3 Å². The van der Waals surface area contributed by atoms with Gasteiger partial charge in [0.05, 0.1) is 6.20 Å². The molecule has 3 nitrogen and oxygen atoms in total. The van der Waals surface area contributed by atoms with Gasteiger partial charge < -0.3 is 5.73 Å². The maximum Gasteiger partial charge on any atom is 0.0537 e. The first-order valence-electron chi connectivity index (χ1n) is 5.51. The van der Waals surface area contributed by atoms with Crippen LogP contribution < -0.4 is 5.73 Å². The Balaban J connectivity index is 1.75. The predicted molar refractivity (Wildman–Crippen MR) is 54.5 cm³/mol. The number of nitrogens with zero attached hydrogens (tertiary/aromatic N) is 2. The van der Waals surface area contributed by atoms with Crippen molar-refractivity contribution in [1.29, 1.82) is 0 Å². The van der Waals surface area contributed by atoms with Gasteiger partial charge in [-0.15, -0.1) is 0 Å². The van der Waals surface area contributed by atoms with Gasteiger partial charge in [-0.05, 0) is 30.6 Å². The lowest BCUT2D eigenvalue weighted by atomic mass is 10.0. The van der Waals surface area contributed by atoms with Gasteiger partial charge in [0.25, 0.3) is 0 Å². The van der Waals surface area contributed by atoms with Gasteiger partial charge in [0.1, 0.15) is 0 Å². The van der Waals surface area contributed by atoms with Gasteiger partial charge in [0, 0.05) is 24.8 Å². The van der Waals surface area contributed by atoms with Crippen LogP contribution in [0, 0.1) is 17.8 Å². The van der Waals surface area contributed by atoms with Crippen LogP contribution in [0.2, 0.25) is 0 Å². The van der Waals surface area contributed by atoms with Crippen LogP contribution in [-0.2, 0) is 7.05 Å². The second-order valence-corrected chi connectivity index (χ2v) is 4.81. The van der Waals surface area contributed by atoms with Gasteiger partial charge in [0.2, 0.25) is 0 Å². The van der Waals surface area contributed by atoms with Crippen molar-refractivity contribution in [3.8, 4) is 0 Å². The molecule has 76 valence electrons. The molecule has 2 aliphatic carbocycles. The van der Waals surface area contributed by atoms with E-state index in [1.54, 1.807) is 0 Å². The van der Waals surface area contributed by atoms with Crippen LogP contribution in [0.4, 0.5) is 0 Å². The van der Waals surface area contributed by atoms with Crippen molar-refractivity contribution in [3.63, 3.8) is 0 Å². The number of rotatable bonds is 2. The molecule has 0 radical (unpaired) electrons. The molecule has 0 amide bonds. The van der Waals surface area contributed by atoms with Gasteiger partial charge in [-0.2, -0.15) is 5.10 Å². The Morgan fingerprint density at radius 1 is 1.50 bits per heavy atom. The van der Waals surface area contributed by atoms with Crippen molar-refractivity contribution in [3.05, 3.63) is 18.0 Å². The van der Waals surface area contributed by atoms with Crippen LogP contribution in [-0.4, -0.2) is 9.78 Å². The van der Waals surface area contributed by atoms with E-state index in [9.17, 15) is 0 Å². The zero-order valence-electron chi connectivity index (χ0n) is 8.56. The van der Waals surface area contributed by atoms with E-state index < -0.39 is 0 Å². The molecule has 1 aromatic rings. The zero-order valence-corrected chi connectivity index (χ0v) is 8.56. The van der Waals surface area contributed by atoms with Crippen LogP contribution in [0.5, 0.6) is 0 Å². The largest absolute Gasteiger partial charge is 0.324 e. The SMILES string of the molecule is Cn1cc(C(N)C2C3CCCC32)cn1. The molecule has 2 saturated carbocycles. The molecule has 0 aliphatic heterocycles. The highest BCUT2D eigenvalue weighted by Crippen LogP contribution is 2.61. The highest BCUT2D eigenvalue weighted by atomic mass is 15.2. The predicted octanol–water partition coefficient (Wildman–Crippen LogP) is 1.47. The molecule has 0 aromatic carbocycles. The van der Waals surface area contributed by atoms with Crippen molar-refractivity contribution >= 4 is 0 Å². The van der Waals surface area contributed by atoms with Gasteiger partial charge in [0.15, 0.2) is 0 Å². The molecule has 3 rings (SSSR count). The minimum Gasteiger partial charge on any atom is -0.324 e. The lowest BCUT2D eigenvalue weighted by Gasteiger charge is -2.10. The maximum absolute atomic E-state index is 6.25. The summed E-state index contributed by atoms with van der Waals surface area (Å²) < 4.78 is 1.84. The van der Waals surface area contributed by atoms with Crippen LogP contribution >= 0.6 is 0 Å². The van der Waals surface area contributed by atoms with Crippen LogP contribution in [0.15, 0.2) is 12.4 Å². The Labute approximate surface area is 84.3 Å². The lowest BCUT2D eigenvalue weighted by molar-refractivity contribution is 0.501. The second kappa shape index (κ2) is 2.83. The fourth-order valence-electron chi connectivity index (χ4n) is 3.24. The van der Waals surface area contributed by atoms with Crippen molar-refractivity contribution in [2.75, 3.05) is 0 Å². The molecule has 3 atom stereocenters. The molecule has 0 bridgehead atoms. The van der Waals surface area contributed by atoms with Crippen molar-refractivity contribution < 1.29 is 0 Å². The number of hydrogen-bond donors (Lipinski definition) is 1. The first-order valence-corrected chi connectivity index (χ1v) is 5.51. The van der Waals surface area contributed by atoms with Crippen LogP contribution in [0.1, 0.15) is 30.9 Å². The molecular weight excluding hydrogens is 174 g/mol. The van der Waals surface area contributed by atoms with E-state index in [0.29, 0.717) is 0 Å². The minimum absolute atomic E-state index is 0.235. The van der Waals surface area contributed by atoms with Crippen molar-refractivity contribution in [1.82, 2.24) is 9.78 Å². The van der Waals surface area contributed by atoms with Gasteiger partial charge in [-0.3, -0.25) is 4.68 Å². The summed E-state index contributed by atoms with van der Waals surface area (Å²) in [6.07, 6.45) is 8.20. The summed E-state index contributed by atoms with van der Waals surface area (Å²) in [6.45, 7) is 0. The number of nitrogens with two attached hydrogens (primary N) is 1. The Hall–Kier alpha value is -0.830. The minimum atomic E-state index is 0.235. The molecule has 3 heteroatoms. The smallest absolute Gasteiger partial charge is 0.0537 e. The summed E-state index contributed by atoms with van der Waals surface area (Å²) in [7, 11) is 1.95. The van der Waals surface area contributed by atoms with E-state index in [-0.39, 0.29) is 6.04 Å². The summed E-state index contributed by atoms with van der Waals surface area (Å²) in [5, 5.41) is 4.18. The van der Waals surface area contributed by atoms with E-state index in [1.807, 2.05) is 17.9 Å². The molecule has 2 N–H and O–H groups in total. The number of fused-ring (bicyclic) bond motifs is 1. The van der Waals surface area contributed by atoms with E-state index in [2.05, 4.69) is 11.3 Å². The van der Waals surface area contributed by atoms with Gasteiger partial charge >= 0.3 is 0 Å². The summed E-state index contributed by atoms with van der Waals surface area (Å²) in [6, 6.07) is 0.235. The van der Waals surface area contributed by atoms with E-state index in [4.69, 9.17) is 5.73 Å². The number of aryl methyl sites for hydroxylation is 1. The quantitative estimate of drug-likeness (QED) is 0.769. The zero-order chi connectivity index (χ0) is 9.71. The highest BCUT2D eigenvalue weighted by molar-refractivity contribution is 5.18. The summed E-state index contributed by atoms with van der Waals surface area (Å²) in [5.74, 6) is 2.63. The molecule has 2 fully saturated rings. The molecule has 0 spiro atoms. The van der Waals surface area contributed by atoms with E-state index in [1.165, 1.54) is 24.8 Å². The monoisotopic (exact) mass is 191 g/mol. The van der Waals surface area contributed by atoms with Crippen LogP contribution in [0.25, 0.3) is 0 Å². The molecule has 1 aromatic heterocycles. The highest BCUT2D eigenvalue weighted by Gasteiger charge is 2.55. The summed E-state index contributed by atoms with van der Waals surface area (Å²) in [4.78, 5) is 0. The summed E-state index contributed by atoms with van der Waals surface area (Å²) in [5.41, 5.74) is 7.47. The molecule has 3 unspecified atom stereocenters. The fourth-order valence-corrected chi connectivity index (χ4v) is 3.24. The van der Waals surface area contributed by atoms with Gasteiger partial charge in [-0.25, -0.2) is 0 Å².